The number of carbonyl (C=O) groups excluding carboxylic acids is 2. The predicted octanol–water partition coefficient (Wildman–Crippen LogP) is 2.31. The van der Waals surface area contributed by atoms with Crippen molar-refractivity contribution < 1.29 is 29.6 Å². The molecule has 0 saturated heterocycles. The molecule has 0 heterocycles. The molecule has 0 amide bonds. The van der Waals surface area contributed by atoms with Crippen molar-refractivity contribution in [2.45, 2.75) is 76.6 Å². The SMILES string of the molecule is COC(=O)CCCC=CCC1C(=O)CC(O)C1C=CC(O)CCCC(C)O. The van der Waals surface area contributed by atoms with Gasteiger partial charge in [-0.05, 0) is 45.4 Å². The average Bonchev–Trinajstić information content (AvgIpc) is 2.88. The van der Waals surface area contributed by atoms with E-state index in [4.69, 9.17) is 0 Å². The molecule has 1 aliphatic rings. The van der Waals surface area contributed by atoms with Crippen LogP contribution >= 0.6 is 0 Å². The van der Waals surface area contributed by atoms with Crippen LogP contribution in [0.3, 0.4) is 0 Å². The van der Waals surface area contributed by atoms with Gasteiger partial charge in [-0.1, -0.05) is 24.3 Å². The van der Waals surface area contributed by atoms with Gasteiger partial charge in [0.2, 0.25) is 0 Å². The van der Waals surface area contributed by atoms with Crippen LogP contribution in [0.1, 0.15) is 58.3 Å². The van der Waals surface area contributed by atoms with Crippen LogP contribution in [-0.2, 0) is 14.3 Å². The van der Waals surface area contributed by atoms with Gasteiger partial charge in [0, 0.05) is 24.7 Å². The molecule has 0 aromatic heterocycles. The zero-order valence-corrected chi connectivity index (χ0v) is 16.4. The van der Waals surface area contributed by atoms with Crippen molar-refractivity contribution in [1.82, 2.24) is 0 Å². The fraction of sp³-hybridized carbons (Fsp3) is 0.714. The zero-order chi connectivity index (χ0) is 20.2. The van der Waals surface area contributed by atoms with Crippen LogP contribution in [-0.4, -0.2) is 52.5 Å². The average molecular weight is 382 g/mol. The Morgan fingerprint density at radius 2 is 2.00 bits per heavy atom. The second-order valence-corrected chi connectivity index (χ2v) is 7.33. The molecule has 1 rings (SSSR count). The Bertz CT molecular complexity index is 511. The molecule has 27 heavy (non-hydrogen) atoms. The van der Waals surface area contributed by atoms with Crippen LogP contribution in [0.25, 0.3) is 0 Å². The van der Waals surface area contributed by atoms with Crippen LogP contribution in [0.15, 0.2) is 24.3 Å². The number of rotatable bonds is 12. The Kier molecular flexibility index (Phi) is 11.2. The van der Waals surface area contributed by atoms with E-state index in [1.54, 1.807) is 19.1 Å². The molecule has 0 aromatic carbocycles. The van der Waals surface area contributed by atoms with E-state index in [-0.39, 0.29) is 36.1 Å². The fourth-order valence-corrected chi connectivity index (χ4v) is 3.33. The lowest BCUT2D eigenvalue weighted by Crippen LogP contribution is -2.18. The number of aliphatic hydroxyl groups is 3. The van der Waals surface area contributed by atoms with Gasteiger partial charge in [-0.25, -0.2) is 0 Å². The summed E-state index contributed by atoms with van der Waals surface area (Å²) in [7, 11) is 1.37. The number of methoxy groups -OCH3 is 1. The maximum absolute atomic E-state index is 12.2. The minimum Gasteiger partial charge on any atom is -0.469 e. The number of esters is 1. The van der Waals surface area contributed by atoms with Crippen LogP contribution in [0, 0.1) is 11.8 Å². The smallest absolute Gasteiger partial charge is 0.305 e. The van der Waals surface area contributed by atoms with E-state index in [2.05, 4.69) is 4.74 Å². The third-order valence-electron chi connectivity index (χ3n) is 4.95. The van der Waals surface area contributed by atoms with Crippen LogP contribution < -0.4 is 0 Å². The summed E-state index contributed by atoms with van der Waals surface area (Å²) in [6.07, 6.45) is 9.97. The van der Waals surface area contributed by atoms with Crippen molar-refractivity contribution in [1.29, 1.82) is 0 Å². The Morgan fingerprint density at radius 3 is 2.67 bits per heavy atom. The minimum atomic E-state index is -0.712. The highest BCUT2D eigenvalue weighted by Crippen LogP contribution is 2.33. The van der Waals surface area contributed by atoms with Crippen molar-refractivity contribution >= 4 is 11.8 Å². The fourth-order valence-electron chi connectivity index (χ4n) is 3.33. The molecular weight excluding hydrogens is 348 g/mol. The number of hydrogen-bond donors (Lipinski definition) is 3. The summed E-state index contributed by atoms with van der Waals surface area (Å²) >= 11 is 0. The van der Waals surface area contributed by atoms with Crippen molar-refractivity contribution in [3.8, 4) is 0 Å². The molecule has 0 aromatic rings. The lowest BCUT2D eigenvalue weighted by atomic mass is 9.90. The molecule has 0 radical (unpaired) electrons. The summed E-state index contributed by atoms with van der Waals surface area (Å²) in [5.74, 6) is -0.754. The van der Waals surface area contributed by atoms with E-state index in [9.17, 15) is 24.9 Å². The van der Waals surface area contributed by atoms with E-state index in [1.165, 1.54) is 7.11 Å². The largest absolute Gasteiger partial charge is 0.469 e. The molecule has 6 heteroatoms. The monoisotopic (exact) mass is 382 g/mol. The first-order valence-electron chi connectivity index (χ1n) is 9.82. The van der Waals surface area contributed by atoms with E-state index in [0.717, 1.165) is 6.42 Å². The normalized spacial score (nSPS) is 25.4. The Hall–Kier alpha value is -1.50. The lowest BCUT2D eigenvalue weighted by molar-refractivity contribution is -0.140. The van der Waals surface area contributed by atoms with Gasteiger partial charge < -0.3 is 20.1 Å². The molecule has 1 saturated carbocycles. The highest BCUT2D eigenvalue weighted by Gasteiger charge is 2.39. The quantitative estimate of drug-likeness (QED) is 0.272. The van der Waals surface area contributed by atoms with Gasteiger partial charge in [0.05, 0.1) is 25.4 Å². The summed E-state index contributed by atoms with van der Waals surface area (Å²) < 4.78 is 4.58. The second-order valence-electron chi connectivity index (χ2n) is 7.33. The number of aliphatic hydroxyl groups excluding tert-OH is 3. The first-order chi connectivity index (χ1) is 12.8. The van der Waals surface area contributed by atoms with Gasteiger partial charge in [-0.2, -0.15) is 0 Å². The van der Waals surface area contributed by atoms with Gasteiger partial charge in [-0.15, -0.1) is 0 Å². The van der Waals surface area contributed by atoms with Gasteiger partial charge >= 0.3 is 5.97 Å². The number of unbranched alkanes of at least 4 members (excludes halogenated alkanes) is 1. The van der Waals surface area contributed by atoms with E-state index in [1.807, 2.05) is 12.2 Å². The number of hydrogen-bond acceptors (Lipinski definition) is 6. The molecule has 1 fully saturated rings. The highest BCUT2D eigenvalue weighted by molar-refractivity contribution is 5.84. The van der Waals surface area contributed by atoms with E-state index >= 15 is 0 Å². The summed E-state index contributed by atoms with van der Waals surface area (Å²) in [6.45, 7) is 1.72. The molecule has 5 atom stereocenters. The summed E-state index contributed by atoms with van der Waals surface area (Å²) in [6, 6.07) is 0. The number of ether oxygens (including phenoxy) is 1. The summed E-state index contributed by atoms with van der Waals surface area (Å²) in [5.41, 5.74) is 0. The molecule has 0 aliphatic heterocycles. The van der Waals surface area contributed by atoms with Crippen LogP contribution in [0.2, 0.25) is 0 Å². The van der Waals surface area contributed by atoms with Crippen molar-refractivity contribution in [3.63, 3.8) is 0 Å². The van der Waals surface area contributed by atoms with Gasteiger partial charge in [0.25, 0.3) is 0 Å². The Labute approximate surface area is 161 Å². The second kappa shape index (κ2) is 12.8. The Balaban J connectivity index is 2.46. The van der Waals surface area contributed by atoms with Crippen LogP contribution in [0.4, 0.5) is 0 Å². The molecule has 0 spiro atoms. The zero-order valence-electron chi connectivity index (χ0n) is 16.4. The third kappa shape index (κ3) is 9.31. The summed E-state index contributed by atoms with van der Waals surface area (Å²) in [5, 5.41) is 29.4. The van der Waals surface area contributed by atoms with E-state index < -0.39 is 12.2 Å². The number of ketones is 1. The maximum Gasteiger partial charge on any atom is 0.305 e. The number of allylic oxidation sites excluding steroid dienone is 2. The Morgan fingerprint density at radius 1 is 1.26 bits per heavy atom. The molecule has 5 unspecified atom stereocenters. The number of Topliss-reactive ketones (excluding diaryl/α,β-unsaturated/α-hetero) is 1. The van der Waals surface area contributed by atoms with Crippen molar-refractivity contribution in [2.24, 2.45) is 11.8 Å². The molecule has 3 N–H and O–H groups in total. The first kappa shape index (κ1) is 23.5. The third-order valence-corrected chi connectivity index (χ3v) is 4.95. The molecule has 1 aliphatic carbocycles. The van der Waals surface area contributed by atoms with Gasteiger partial charge in [0.1, 0.15) is 5.78 Å². The lowest BCUT2D eigenvalue weighted by Gasteiger charge is -2.16. The molecule has 154 valence electrons. The number of carbonyl (C=O) groups is 2. The topological polar surface area (TPSA) is 104 Å². The minimum absolute atomic E-state index is 0.0416. The predicted molar refractivity (Wildman–Crippen MR) is 103 cm³/mol. The molecule has 0 bridgehead atoms. The maximum atomic E-state index is 12.2. The highest BCUT2D eigenvalue weighted by atomic mass is 16.5. The van der Waals surface area contributed by atoms with Crippen LogP contribution in [0.5, 0.6) is 0 Å². The standard InChI is InChI=1S/C21H34O6/c1-15(22)8-7-9-16(23)12-13-18-17(19(24)14-20(18)25)10-5-3-4-6-11-21(26)27-2/h3,5,12-13,15-18,20,22-23,25H,4,6-11,14H2,1-2H3. The van der Waals surface area contributed by atoms with Crippen molar-refractivity contribution in [3.05, 3.63) is 24.3 Å². The first-order valence-corrected chi connectivity index (χ1v) is 9.82. The van der Waals surface area contributed by atoms with Crippen molar-refractivity contribution in [2.75, 3.05) is 7.11 Å². The summed E-state index contributed by atoms with van der Waals surface area (Å²) in [4.78, 5) is 23.2. The van der Waals surface area contributed by atoms with Gasteiger partial charge in [-0.3, -0.25) is 9.59 Å². The van der Waals surface area contributed by atoms with E-state index in [0.29, 0.717) is 38.5 Å². The molecular formula is C21H34O6. The molecule has 6 nitrogen and oxygen atoms in total. The van der Waals surface area contributed by atoms with Gasteiger partial charge in [0.15, 0.2) is 0 Å².